The zero-order valence-corrected chi connectivity index (χ0v) is 9.40. The Hall–Kier alpha value is -0.910. The van der Waals surface area contributed by atoms with E-state index in [0.29, 0.717) is 26.4 Å². The number of hydrogen-bond acceptors (Lipinski definition) is 4. The van der Waals surface area contributed by atoms with Crippen molar-refractivity contribution < 1.29 is 9.47 Å². The summed E-state index contributed by atoms with van der Waals surface area (Å²) in [5.41, 5.74) is 7.77. The SMILES string of the molecule is COCCOCCn1ncc(CN)c1C. The average molecular weight is 213 g/mol. The summed E-state index contributed by atoms with van der Waals surface area (Å²) in [6, 6.07) is 0. The molecule has 0 aliphatic carbocycles. The molecule has 1 rings (SSSR count). The number of ether oxygens (including phenoxy) is 2. The Kier molecular flexibility index (Phi) is 5.31. The molecule has 0 radical (unpaired) electrons. The van der Waals surface area contributed by atoms with Crippen LogP contribution in [-0.4, -0.2) is 36.7 Å². The maximum absolute atomic E-state index is 5.56. The van der Waals surface area contributed by atoms with Crippen LogP contribution in [0.4, 0.5) is 0 Å². The van der Waals surface area contributed by atoms with Crippen LogP contribution < -0.4 is 5.73 Å². The Labute approximate surface area is 90.2 Å². The van der Waals surface area contributed by atoms with Crippen molar-refractivity contribution in [3.63, 3.8) is 0 Å². The predicted octanol–water partition coefficient (Wildman–Crippen LogP) is 0.313. The first-order chi connectivity index (χ1) is 7.29. The van der Waals surface area contributed by atoms with Gasteiger partial charge in [0.1, 0.15) is 0 Å². The fraction of sp³-hybridized carbons (Fsp3) is 0.700. The van der Waals surface area contributed by atoms with Crippen molar-refractivity contribution in [1.82, 2.24) is 9.78 Å². The molecular weight excluding hydrogens is 194 g/mol. The van der Waals surface area contributed by atoms with Gasteiger partial charge in [-0.1, -0.05) is 0 Å². The van der Waals surface area contributed by atoms with Crippen LogP contribution in [0.15, 0.2) is 6.20 Å². The second-order valence-corrected chi connectivity index (χ2v) is 3.29. The minimum absolute atomic E-state index is 0.538. The summed E-state index contributed by atoms with van der Waals surface area (Å²) in [6.07, 6.45) is 1.81. The maximum Gasteiger partial charge on any atom is 0.0701 e. The minimum atomic E-state index is 0.538. The van der Waals surface area contributed by atoms with Crippen molar-refractivity contribution in [3.8, 4) is 0 Å². The zero-order chi connectivity index (χ0) is 11.1. The molecule has 1 aromatic rings. The third kappa shape index (κ3) is 3.62. The van der Waals surface area contributed by atoms with Crippen molar-refractivity contribution >= 4 is 0 Å². The van der Waals surface area contributed by atoms with E-state index in [1.54, 1.807) is 7.11 Å². The molecule has 0 unspecified atom stereocenters. The number of nitrogens with zero attached hydrogens (tertiary/aromatic N) is 2. The molecule has 5 heteroatoms. The summed E-state index contributed by atoms with van der Waals surface area (Å²) in [4.78, 5) is 0. The zero-order valence-electron chi connectivity index (χ0n) is 9.40. The summed E-state index contributed by atoms with van der Waals surface area (Å²) in [5, 5.41) is 4.23. The molecule has 0 bridgehead atoms. The van der Waals surface area contributed by atoms with Gasteiger partial charge < -0.3 is 15.2 Å². The van der Waals surface area contributed by atoms with E-state index in [-0.39, 0.29) is 0 Å². The third-order valence-electron chi connectivity index (χ3n) is 2.30. The number of methoxy groups -OCH3 is 1. The largest absolute Gasteiger partial charge is 0.382 e. The number of rotatable bonds is 7. The van der Waals surface area contributed by atoms with E-state index in [1.807, 2.05) is 17.8 Å². The van der Waals surface area contributed by atoms with Crippen LogP contribution in [0.25, 0.3) is 0 Å². The molecule has 5 nitrogen and oxygen atoms in total. The Balaban J connectivity index is 2.28. The van der Waals surface area contributed by atoms with Gasteiger partial charge in [-0.25, -0.2) is 0 Å². The van der Waals surface area contributed by atoms with Gasteiger partial charge in [0.15, 0.2) is 0 Å². The lowest BCUT2D eigenvalue weighted by Gasteiger charge is -2.06. The molecule has 0 aliphatic rings. The second kappa shape index (κ2) is 6.55. The van der Waals surface area contributed by atoms with Crippen LogP contribution in [0, 0.1) is 6.92 Å². The summed E-state index contributed by atoms with van der Waals surface area (Å²) in [7, 11) is 1.66. The highest BCUT2D eigenvalue weighted by Crippen LogP contribution is 2.05. The van der Waals surface area contributed by atoms with E-state index in [0.717, 1.165) is 17.8 Å². The molecular formula is C10H19N3O2. The van der Waals surface area contributed by atoms with E-state index >= 15 is 0 Å². The van der Waals surface area contributed by atoms with Gasteiger partial charge in [-0.05, 0) is 6.92 Å². The van der Waals surface area contributed by atoms with Gasteiger partial charge in [0.2, 0.25) is 0 Å². The van der Waals surface area contributed by atoms with Gasteiger partial charge in [-0.3, -0.25) is 4.68 Å². The van der Waals surface area contributed by atoms with Crippen molar-refractivity contribution in [3.05, 3.63) is 17.5 Å². The molecule has 0 fully saturated rings. The number of hydrogen-bond donors (Lipinski definition) is 1. The average Bonchev–Trinajstić information content (AvgIpc) is 2.60. The van der Waals surface area contributed by atoms with Crippen LogP contribution in [-0.2, 0) is 22.6 Å². The van der Waals surface area contributed by atoms with Gasteiger partial charge >= 0.3 is 0 Å². The Morgan fingerprint density at radius 3 is 2.80 bits per heavy atom. The quantitative estimate of drug-likeness (QED) is 0.662. The van der Waals surface area contributed by atoms with Gasteiger partial charge in [-0.2, -0.15) is 5.10 Å². The first-order valence-corrected chi connectivity index (χ1v) is 5.07. The van der Waals surface area contributed by atoms with Crippen molar-refractivity contribution in [2.24, 2.45) is 5.73 Å². The Bertz CT molecular complexity index is 286. The maximum atomic E-state index is 5.56. The van der Waals surface area contributed by atoms with Gasteiger partial charge in [0, 0.05) is 24.9 Å². The number of nitrogens with two attached hydrogens (primary N) is 1. The molecule has 0 saturated carbocycles. The van der Waals surface area contributed by atoms with Crippen LogP contribution in [0.5, 0.6) is 0 Å². The molecule has 0 aromatic carbocycles. The minimum Gasteiger partial charge on any atom is -0.382 e. The smallest absolute Gasteiger partial charge is 0.0701 e. The highest BCUT2D eigenvalue weighted by atomic mass is 16.5. The lowest BCUT2D eigenvalue weighted by molar-refractivity contribution is 0.0652. The topological polar surface area (TPSA) is 62.3 Å². The fourth-order valence-corrected chi connectivity index (χ4v) is 1.31. The molecule has 0 atom stereocenters. The Morgan fingerprint density at radius 2 is 2.20 bits per heavy atom. The van der Waals surface area contributed by atoms with Gasteiger partial charge in [0.05, 0.1) is 32.6 Å². The van der Waals surface area contributed by atoms with E-state index in [4.69, 9.17) is 15.2 Å². The van der Waals surface area contributed by atoms with Crippen LogP contribution in [0.2, 0.25) is 0 Å². The van der Waals surface area contributed by atoms with E-state index in [9.17, 15) is 0 Å². The van der Waals surface area contributed by atoms with Crippen molar-refractivity contribution in [1.29, 1.82) is 0 Å². The third-order valence-corrected chi connectivity index (χ3v) is 2.30. The highest BCUT2D eigenvalue weighted by molar-refractivity contribution is 5.15. The summed E-state index contributed by atoms with van der Waals surface area (Å²) >= 11 is 0. The highest BCUT2D eigenvalue weighted by Gasteiger charge is 2.03. The van der Waals surface area contributed by atoms with Crippen LogP contribution >= 0.6 is 0 Å². The summed E-state index contributed by atoms with van der Waals surface area (Å²) in [5.74, 6) is 0. The van der Waals surface area contributed by atoms with Gasteiger partial charge in [-0.15, -0.1) is 0 Å². The Morgan fingerprint density at radius 1 is 1.40 bits per heavy atom. The normalized spacial score (nSPS) is 10.9. The molecule has 0 saturated heterocycles. The van der Waals surface area contributed by atoms with E-state index in [2.05, 4.69) is 5.10 Å². The lowest BCUT2D eigenvalue weighted by Crippen LogP contribution is -2.11. The first-order valence-electron chi connectivity index (χ1n) is 5.07. The first kappa shape index (κ1) is 12.2. The second-order valence-electron chi connectivity index (χ2n) is 3.29. The van der Waals surface area contributed by atoms with Crippen LogP contribution in [0.3, 0.4) is 0 Å². The molecule has 86 valence electrons. The van der Waals surface area contributed by atoms with Crippen molar-refractivity contribution in [2.45, 2.75) is 20.0 Å². The monoisotopic (exact) mass is 213 g/mol. The lowest BCUT2D eigenvalue weighted by atomic mass is 10.3. The summed E-state index contributed by atoms with van der Waals surface area (Å²) < 4.78 is 12.1. The predicted molar refractivity (Wildman–Crippen MR) is 57.6 cm³/mol. The van der Waals surface area contributed by atoms with E-state index in [1.165, 1.54) is 0 Å². The van der Waals surface area contributed by atoms with Crippen LogP contribution in [0.1, 0.15) is 11.3 Å². The standard InChI is InChI=1S/C10H19N3O2/c1-9-10(7-11)8-12-13(9)3-4-15-6-5-14-2/h8H,3-7,11H2,1-2H3. The van der Waals surface area contributed by atoms with E-state index < -0.39 is 0 Å². The number of aromatic nitrogens is 2. The van der Waals surface area contributed by atoms with Crippen molar-refractivity contribution in [2.75, 3.05) is 26.9 Å². The van der Waals surface area contributed by atoms with Gasteiger partial charge in [0.25, 0.3) is 0 Å². The molecule has 1 heterocycles. The molecule has 0 spiro atoms. The molecule has 1 aromatic heterocycles. The fourth-order valence-electron chi connectivity index (χ4n) is 1.31. The summed E-state index contributed by atoms with van der Waals surface area (Å²) in [6.45, 7) is 5.22. The molecule has 15 heavy (non-hydrogen) atoms. The molecule has 0 aliphatic heterocycles. The molecule has 2 N–H and O–H groups in total. The molecule has 0 amide bonds.